The summed E-state index contributed by atoms with van der Waals surface area (Å²) in [4.78, 5) is 16.9. The lowest BCUT2D eigenvalue weighted by molar-refractivity contribution is 0.0920. The molecule has 0 saturated carbocycles. The monoisotopic (exact) mass is 387 g/mol. The Bertz CT molecular complexity index is 1190. The van der Waals surface area contributed by atoms with Gasteiger partial charge in [0.15, 0.2) is 0 Å². The van der Waals surface area contributed by atoms with Gasteiger partial charge >= 0.3 is 0 Å². The molecular weight excluding hydrogens is 362 g/mol. The third kappa shape index (κ3) is 3.12. The molecule has 0 bridgehead atoms. The Balaban J connectivity index is 1.49. The van der Waals surface area contributed by atoms with Crippen molar-refractivity contribution >= 4 is 27.7 Å². The first kappa shape index (κ1) is 18.0. The highest BCUT2D eigenvalue weighted by Gasteiger charge is 2.27. The molecule has 2 aromatic heterocycles. The van der Waals surface area contributed by atoms with Gasteiger partial charge in [0.1, 0.15) is 5.69 Å². The van der Waals surface area contributed by atoms with Gasteiger partial charge in [0.2, 0.25) is 0 Å². The molecule has 0 fully saturated rings. The molecule has 5 heteroatoms. The summed E-state index contributed by atoms with van der Waals surface area (Å²) >= 11 is 0. The molecule has 29 heavy (non-hydrogen) atoms. The van der Waals surface area contributed by atoms with Gasteiger partial charge in [-0.05, 0) is 43.0 Å². The van der Waals surface area contributed by atoms with E-state index in [0.717, 1.165) is 41.4 Å². The smallest absolute Gasteiger partial charge is 0.268 e. The Morgan fingerprint density at radius 3 is 2.93 bits per heavy atom. The van der Waals surface area contributed by atoms with Crippen LogP contribution in [-0.2, 0) is 17.7 Å². The van der Waals surface area contributed by atoms with E-state index in [1.807, 2.05) is 30.3 Å². The van der Waals surface area contributed by atoms with E-state index in [2.05, 4.69) is 39.1 Å². The second-order valence-corrected chi connectivity index (χ2v) is 7.71. The molecule has 0 radical (unpaired) electrons. The maximum Gasteiger partial charge on any atom is 0.268 e. The van der Waals surface area contributed by atoms with Crippen LogP contribution in [0.15, 0.2) is 54.6 Å². The van der Waals surface area contributed by atoms with Crippen LogP contribution < -0.4 is 5.32 Å². The van der Waals surface area contributed by atoms with Crippen LogP contribution in [0.4, 0.5) is 0 Å². The lowest BCUT2D eigenvalue weighted by Gasteiger charge is -2.24. The number of hydrogen-bond acceptors (Lipinski definition) is 2. The number of aromatic amines is 1. The number of aryl methyl sites for hydroxylation is 1. The number of nitrogens with zero attached hydrogens (tertiary/aromatic N) is 1. The first-order valence-electron chi connectivity index (χ1n) is 10.2. The van der Waals surface area contributed by atoms with Crippen molar-refractivity contribution in [2.45, 2.75) is 31.8 Å². The minimum Gasteiger partial charge on any atom is -0.383 e. The quantitative estimate of drug-likeness (QED) is 0.527. The Morgan fingerprint density at radius 2 is 2.03 bits per heavy atom. The highest BCUT2D eigenvalue weighted by Crippen LogP contribution is 2.35. The fourth-order valence-electron chi connectivity index (χ4n) is 4.61. The number of fused-ring (bicyclic) bond motifs is 4. The van der Waals surface area contributed by atoms with Crippen molar-refractivity contribution in [1.82, 2.24) is 14.9 Å². The molecule has 1 aliphatic carbocycles. The molecule has 1 atom stereocenters. The van der Waals surface area contributed by atoms with Gasteiger partial charge in [-0.1, -0.05) is 36.4 Å². The van der Waals surface area contributed by atoms with Crippen molar-refractivity contribution in [3.8, 4) is 0 Å². The zero-order valence-corrected chi connectivity index (χ0v) is 16.6. The summed E-state index contributed by atoms with van der Waals surface area (Å²) in [6.45, 7) is 1.21. The number of H-pyrrole nitrogens is 1. The average Bonchev–Trinajstić information content (AvgIpc) is 3.31. The molecule has 5 nitrogen and oxygen atoms in total. The van der Waals surface area contributed by atoms with Gasteiger partial charge in [0, 0.05) is 41.2 Å². The van der Waals surface area contributed by atoms with Crippen LogP contribution in [0.1, 0.15) is 40.6 Å². The van der Waals surface area contributed by atoms with Crippen LogP contribution in [0.5, 0.6) is 0 Å². The SMILES string of the molecule is COCCn1c(C(=O)NC2CCCc3c2[nH]c2ccccc32)cc2ccccc21. The van der Waals surface area contributed by atoms with Crippen molar-refractivity contribution in [2.24, 2.45) is 0 Å². The first-order chi connectivity index (χ1) is 14.3. The second-order valence-electron chi connectivity index (χ2n) is 7.71. The molecule has 2 heterocycles. The number of aromatic nitrogens is 2. The number of carbonyl (C=O) groups excluding carboxylic acids is 1. The van der Waals surface area contributed by atoms with E-state index in [9.17, 15) is 4.79 Å². The predicted octanol–water partition coefficient (Wildman–Crippen LogP) is 4.58. The lowest BCUT2D eigenvalue weighted by atomic mass is 9.91. The van der Waals surface area contributed by atoms with Crippen molar-refractivity contribution in [2.75, 3.05) is 13.7 Å². The van der Waals surface area contributed by atoms with E-state index in [0.29, 0.717) is 18.8 Å². The molecule has 0 spiro atoms. The molecular formula is C24H25N3O2. The summed E-state index contributed by atoms with van der Waals surface area (Å²) in [6, 6.07) is 18.5. The van der Waals surface area contributed by atoms with Gasteiger partial charge in [-0.3, -0.25) is 4.79 Å². The number of rotatable bonds is 5. The highest BCUT2D eigenvalue weighted by molar-refractivity contribution is 5.99. The fourth-order valence-corrected chi connectivity index (χ4v) is 4.61. The average molecular weight is 387 g/mol. The number of ether oxygens (including phenoxy) is 1. The van der Waals surface area contributed by atoms with E-state index in [4.69, 9.17) is 4.74 Å². The number of para-hydroxylation sites is 2. The molecule has 5 rings (SSSR count). The molecule has 1 unspecified atom stereocenters. The molecule has 2 N–H and O–H groups in total. The van der Waals surface area contributed by atoms with Crippen LogP contribution in [-0.4, -0.2) is 29.2 Å². The lowest BCUT2D eigenvalue weighted by Crippen LogP contribution is -2.32. The minimum atomic E-state index is -0.0335. The van der Waals surface area contributed by atoms with E-state index in [-0.39, 0.29) is 11.9 Å². The molecule has 0 aliphatic heterocycles. The molecule has 1 aliphatic rings. The third-order valence-electron chi connectivity index (χ3n) is 5.98. The summed E-state index contributed by atoms with van der Waals surface area (Å²) in [5.74, 6) is -0.0335. The predicted molar refractivity (Wildman–Crippen MR) is 115 cm³/mol. The molecule has 148 valence electrons. The topological polar surface area (TPSA) is 59.0 Å². The number of benzene rings is 2. The number of amides is 1. The van der Waals surface area contributed by atoms with Crippen LogP contribution >= 0.6 is 0 Å². The van der Waals surface area contributed by atoms with Crippen molar-refractivity contribution in [3.05, 3.63) is 71.5 Å². The zero-order valence-electron chi connectivity index (χ0n) is 16.6. The Morgan fingerprint density at radius 1 is 1.21 bits per heavy atom. The van der Waals surface area contributed by atoms with E-state index in [1.165, 1.54) is 10.9 Å². The Labute approximate surface area is 169 Å². The number of carbonyl (C=O) groups is 1. The maximum atomic E-state index is 13.3. The standard InChI is InChI=1S/C24H25N3O2/c1-29-14-13-27-21-12-5-2-7-16(21)15-22(27)24(28)26-20-11-6-9-18-17-8-3-4-10-19(17)25-23(18)20/h2-5,7-8,10,12,15,20,25H,6,9,11,13-14H2,1H3,(H,26,28). The first-order valence-corrected chi connectivity index (χ1v) is 10.2. The normalized spacial score (nSPS) is 16.2. The summed E-state index contributed by atoms with van der Waals surface area (Å²) in [5, 5.41) is 5.64. The van der Waals surface area contributed by atoms with Gasteiger partial charge in [0.05, 0.1) is 12.6 Å². The summed E-state index contributed by atoms with van der Waals surface area (Å²) in [7, 11) is 1.69. The summed E-state index contributed by atoms with van der Waals surface area (Å²) < 4.78 is 7.33. The van der Waals surface area contributed by atoms with E-state index < -0.39 is 0 Å². The fraction of sp³-hybridized carbons (Fsp3) is 0.292. The molecule has 4 aromatic rings. The molecule has 2 aromatic carbocycles. The second kappa shape index (κ2) is 7.41. The maximum absolute atomic E-state index is 13.3. The van der Waals surface area contributed by atoms with E-state index >= 15 is 0 Å². The van der Waals surface area contributed by atoms with Crippen molar-refractivity contribution in [1.29, 1.82) is 0 Å². The minimum absolute atomic E-state index is 0.00698. The van der Waals surface area contributed by atoms with Crippen LogP contribution in [0, 0.1) is 0 Å². The van der Waals surface area contributed by atoms with Gasteiger partial charge in [-0.2, -0.15) is 0 Å². The Hall–Kier alpha value is -3.05. The van der Waals surface area contributed by atoms with Gasteiger partial charge in [-0.15, -0.1) is 0 Å². The third-order valence-corrected chi connectivity index (χ3v) is 5.98. The van der Waals surface area contributed by atoms with Crippen LogP contribution in [0.3, 0.4) is 0 Å². The van der Waals surface area contributed by atoms with Gasteiger partial charge < -0.3 is 19.6 Å². The number of hydrogen-bond donors (Lipinski definition) is 2. The van der Waals surface area contributed by atoms with Crippen LogP contribution in [0.25, 0.3) is 21.8 Å². The molecule has 0 saturated heterocycles. The largest absolute Gasteiger partial charge is 0.383 e. The van der Waals surface area contributed by atoms with E-state index in [1.54, 1.807) is 7.11 Å². The Kier molecular flexibility index (Phi) is 4.60. The van der Waals surface area contributed by atoms with Crippen molar-refractivity contribution < 1.29 is 9.53 Å². The van der Waals surface area contributed by atoms with Gasteiger partial charge in [-0.25, -0.2) is 0 Å². The summed E-state index contributed by atoms with van der Waals surface area (Å²) in [5.41, 5.74) is 5.39. The van der Waals surface area contributed by atoms with Gasteiger partial charge in [0.25, 0.3) is 5.91 Å². The zero-order chi connectivity index (χ0) is 19.8. The molecule has 1 amide bonds. The van der Waals surface area contributed by atoms with Crippen LogP contribution in [0.2, 0.25) is 0 Å². The highest BCUT2D eigenvalue weighted by atomic mass is 16.5. The number of nitrogens with one attached hydrogen (secondary N) is 2. The number of methoxy groups -OCH3 is 1. The van der Waals surface area contributed by atoms with Crippen molar-refractivity contribution in [3.63, 3.8) is 0 Å². The summed E-state index contributed by atoms with van der Waals surface area (Å²) in [6.07, 6.45) is 3.08.